The van der Waals surface area contributed by atoms with Crippen LogP contribution < -0.4 is 14.8 Å². The van der Waals surface area contributed by atoms with Crippen molar-refractivity contribution in [3.05, 3.63) is 48.0 Å². The van der Waals surface area contributed by atoms with Gasteiger partial charge in [-0.2, -0.15) is 0 Å². The van der Waals surface area contributed by atoms with Crippen molar-refractivity contribution in [2.75, 3.05) is 6.26 Å². The highest BCUT2D eigenvalue weighted by Crippen LogP contribution is 2.38. The van der Waals surface area contributed by atoms with Gasteiger partial charge in [-0.15, -0.1) is 0 Å². The molecular weight excluding hydrogens is 604 g/mol. The number of amides is 2. The number of benzene rings is 2. The standard InChI is InChI=1S/C31H40N4O7S2/c1-31(2,3)35-44(40,41)26-15-14-24(22-12-8-9-13-23(22)26)27-25(16-19-10-6-5-7-11-19)33-30(42-27)29(37)32-21-17-20(18-21)28(36)34-43(4,38)39/h8-9,12-15,19-21,35H,5-7,10-11,16-18H2,1-4H3,(H,32,37)(H,34,36)/t20-,21-. The van der Waals surface area contributed by atoms with Crippen LogP contribution in [0.15, 0.2) is 45.7 Å². The van der Waals surface area contributed by atoms with Crippen molar-refractivity contribution in [1.29, 1.82) is 0 Å². The molecular formula is C31H40N4O7S2. The van der Waals surface area contributed by atoms with E-state index in [2.05, 4.69) is 15.0 Å². The number of carbonyl (C=O) groups is 2. The lowest BCUT2D eigenvalue weighted by Gasteiger charge is -2.34. The van der Waals surface area contributed by atoms with Gasteiger partial charge in [0, 0.05) is 28.4 Å². The van der Waals surface area contributed by atoms with Gasteiger partial charge in [0.2, 0.25) is 26.0 Å². The maximum Gasteiger partial charge on any atom is 0.307 e. The molecule has 0 atom stereocenters. The molecule has 0 radical (unpaired) electrons. The first-order chi connectivity index (χ1) is 20.6. The third-order valence-electron chi connectivity index (χ3n) is 8.09. The third kappa shape index (κ3) is 7.49. The van der Waals surface area contributed by atoms with E-state index in [0.717, 1.165) is 31.9 Å². The first-order valence-corrected chi connectivity index (χ1v) is 18.4. The van der Waals surface area contributed by atoms with Gasteiger partial charge >= 0.3 is 5.91 Å². The van der Waals surface area contributed by atoms with Crippen LogP contribution in [-0.4, -0.2) is 51.5 Å². The lowest BCUT2D eigenvalue weighted by Crippen LogP contribution is -2.50. The van der Waals surface area contributed by atoms with E-state index in [1.807, 2.05) is 16.9 Å². The third-order valence-corrected chi connectivity index (χ3v) is 10.5. The van der Waals surface area contributed by atoms with Crippen LogP contribution in [0.4, 0.5) is 0 Å². The number of nitrogens with one attached hydrogen (secondary N) is 3. The number of nitrogens with zero attached hydrogens (tertiary/aromatic N) is 1. The Morgan fingerprint density at radius 2 is 1.61 bits per heavy atom. The molecule has 5 rings (SSSR count). The summed E-state index contributed by atoms with van der Waals surface area (Å²) in [4.78, 5) is 30.2. The Labute approximate surface area is 258 Å². The van der Waals surface area contributed by atoms with Crippen LogP contribution >= 0.6 is 0 Å². The van der Waals surface area contributed by atoms with Crippen LogP contribution in [0.1, 0.15) is 82.1 Å². The Hall–Kier alpha value is -3.29. The molecule has 1 aromatic heterocycles. The molecule has 3 N–H and O–H groups in total. The molecule has 2 aliphatic carbocycles. The Morgan fingerprint density at radius 3 is 2.25 bits per heavy atom. The van der Waals surface area contributed by atoms with E-state index in [9.17, 15) is 26.4 Å². The molecule has 11 nitrogen and oxygen atoms in total. The monoisotopic (exact) mass is 644 g/mol. The summed E-state index contributed by atoms with van der Waals surface area (Å²) in [6.45, 7) is 5.36. The summed E-state index contributed by atoms with van der Waals surface area (Å²) < 4.78 is 60.3. The summed E-state index contributed by atoms with van der Waals surface area (Å²) in [5.74, 6) is -0.891. The molecule has 3 aromatic rings. The molecule has 44 heavy (non-hydrogen) atoms. The zero-order valence-electron chi connectivity index (χ0n) is 25.5. The fourth-order valence-electron chi connectivity index (χ4n) is 6.09. The van der Waals surface area contributed by atoms with E-state index in [-0.39, 0.29) is 16.8 Å². The van der Waals surface area contributed by atoms with Gasteiger partial charge in [-0.3, -0.25) is 14.3 Å². The van der Waals surface area contributed by atoms with Crippen LogP contribution in [0.5, 0.6) is 0 Å². The second-order valence-electron chi connectivity index (χ2n) is 13.1. The van der Waals surface area contributed by atoms with Crippen LogP contribution in [0.3, 0.4) is 0 Å². The summed E-state index contributed by atoms with van der Waals surface area (Å²) in [7, 11) is -7.49. The minimum atomic E-state index is -3.84. The Bertz CT molecular complexity index is 1780. The zero-order chi connectivity index (χ0) is 31.9. The highest BCUT2D eigenvalue weighted by molar-refractivity contribution is 7.90. The molecule has 0 bridgehead atoms. The molecule has 0 spiro atoms. The number of hydrogen-bond donors (Lipinski definition) is 3. The van der Waals surface area contributed by atoms with Gasteiger partial charge in [0.15, 0.2) is 5.76 Å². The van der Waals surface area contributed by atoms with Gasteiger partial charge in [0.25, 0.3) is 5.89 Å². The largest absolute Gasteiger partial charge is 0.432 e. The van der Waals surface area contributed by atoms with E-state index in [1.165, 1.54) is 6.42 Å². The molecule has 13 heteroatoms. The normalized spacial score (nSPS) is 19.8. The van der Waals surface area contributed by atoms with Crippen LogP contribution in [0.2, 0.25) is 0 Å². The second kappa shape index (κ2) is 12.2. The second-order valence-corrected chi connectivity index (χ2v) is 16.5. The van der Waals surface area contributed by atoms with E-state index in [0.29, 0.717) is 53.0 Å². The Morgan fingerprint density at radius 1 is 0.955 bits per heavy atom. The average Bonchev–Trinajstić information content (AvgIpc) is 3.31. The molecule has 2 aromatic carbocycles. The van der Waals surface area contributed by atoms with Crippen molar-refractivity contribution >= 4 is 42.6 Å². The van der Waals surface area contributed by atoms with Crippen molar-refractivity contribution in [3.8, 4) is 11.3 Å². The molecule has 238 valence electrons. The first-order valence-electron chi connectivity index (χ1n) is 15.0. The lowest BCUT2D eigenvalue weighted by atomic mass is 9.80. The highest BCUT2D eigenvalue weighted by atomic mass is 32.2. The number of fused-ring (bicyclic) bond motifs is 1. The number of rotatable bonds is 9. The fourth-order valence-corrected chi connectivity index (χ4v) is 8.25. The SMILES string of the molecule is CC(C)(C)NS(=O)(=O)c1ccc(-c2oc(C(=O)N[C@H]3C[C@H](C(=O)NS(C)(=O)=O)C3)nc2CC2CCCCC2)c2ccccc12. The van der Waals surface area contributed by atoms with Gasteiger partial charge in [0.05, 0.1) is 16.8 Å². The van der Waals surface area contributed by atoms with Gasteiger partial charge in [-0.05, 0) is 63.5 Å². The summed E-state index contributed by atoms with van der Waals surface area (Å²) in [6, 6.07) is 10.2. The first kappa shape index (κ1) is 32.1. The summed E-state index contributed by atoms with van der Waals surface area (Å²) >= 11 is 0. The highest BCUT2D eigenvalue weighted by Gasteiger charge is 2.37. The number of hydrogen-bond acceptors (Lipinski definition) is 8. The molecule has 0 saturated heterocycles. The van der Waals surface area contributed by atoms with Crippen molar-refractivity contribution in [2.24, 2.45) is 11.8 Å². The Kier molecular flexibility index (Phi) is 8.94. The van der Waals surface area contributed by atoms with Crippen molar-refractivity contribution in [3.63, 3.8) is 0 Å². The van der Waals surface area contributed by atoms with Crippen molar-refractivity contribution in [1.82, 2.24) is 19.7 Å². The minimum Gasteiger partial charge on any atom is -0.432 e. The summed E-state index contributed by atoms with van der Waals surface area (Å²) in [5, 5.41) is 4.04. The zero-order valence-corrected chi connectivity index (χ0v) is 27.1. The van der Waals surface area contributed by atoms with E-state index >= 15 is 0 Å². The Balaban J connectivity index is 1.46. The van der Waals surface area contributed by atoms with Gasteiger partial charge < -0.3 is 9.73 Å². The molecule has 0 unspecified atom stereocenters. The van der Waals surface area contributed by atoms with Gasteiger partial charge in [0.1, 0.15) is 0 Å². The molecule has 2 aliphatic rings. The van der Waals surface area contributed by atoms with Crippen LogP contribution in [0.25, 0.3) is 22.1 Å². The van der Waals surface area contributed by atoms with Gasteiger partial charge in [-0.1, -0.05) is 56.4 Å². The maximum atomic E-state index is 13.3. The van der Waals surface area contributed by atoms with Crippen LogP contribution in [-0.2, 0) is 31.3 Å². The predicted octanol–water partition coefficient (Wildman–Crippen LogP) is 4.28. The predicted molar refractivity (Wildman–Crippen MR) is 167 cm³/mol. The number of aromatic nitrogens is 1. The van der Waals surface area contributed by atoms with Crippen molar-refractivity contribution < 1.29 is 30.8 Å². The molecule has 2 amide bonds. The fraction of sp³-hybridized carbons (Fsp3) is 0.516. The van der Waals surface area contributed by atoms with E-state index < -0.39 is 43.3 Å². The number of sulfonamides is 2. The quantitative estimate of drug-likeness (QED) is 0.311. The van der Waals surface area contributed by atoms with Crippen molar-refractivity contribution in [2.45, 2.75) is 88.6 Å². The lowest BCUT2D eigenvalue weighted by molar-refractivity contribution is -0.126. The van der Waals surface area contributed by atoms with E-state index in [4.69, 9.17) is 4.42 Å². The maximum absolute atomic E-state index is 13.3. The minimum absolute atomic E-state index is 0.106. The smallest absolute Gasteiger partial charge is 0.307 e. The summed E-state index contributed by atoms with van der Waals surface area (Å²) in [5.41, 5.74) is 0.625. The topological polar surface area (TPSA) is 165 Å². The molecule has 0 aliphatic heterocycles. The van der Waals surface area contributed by atoms with Crippen LogP contribution in [0, 0.1) is 11.8 Å². The average molecular weight is 645 g/mol. The molecule has 2 saturated carbocycles. The van der Waals surface area contributed by atoms with E-state index in [1.54, 1.807) is 45.0 Å². The molecule has 2 fully saturated rings. The molecule has 1 heterocycles. The summed E-state index contributed by atoms with van der Waals surface area (Å²) in [6.07, 6.45) is 7.75. The number of carbonyl (C=O) groups excluding carboxylic acids is 2. The van der Waals surface area contributed by atoms with Gasteiger partial charge in [-0.25, -0.2) is 26.5 Å². The number of oxazole rings is 1.